The SMILES string of the molecule is CC(C)OCc1cccc(NC(=O)[C@@H](N)C(C)(C)C)c1.Cl. The Bertz CT molecular complexity index is 456. The van der Waals surface area contributed by atoms with Crippen LogP contribution in [0.15, 0.2) is 24.3 Å². The second-order valence-electron chi connectivity index (χ2n) is 6.39. The van der Waals surface area contributed by atoms with Crippen molar-refractivity contribution in [2.75, 3.05) is 5.32 Å². The van der Waals surface area contributed by atoms with Crippen LogP contribution in [0, 0.1) is 5.41 Å². The Balaban J connectivity index is 0.00000400. The summed E-state index contributed by atoms with van der Waals surface area (Å²) in [6, 6.07) is 7.10. The van der Waals surface area contributed by atoms with Crippen molar-refractivity contribution in [1.29, 1.82) is 0 Å². The monoisotopic (exact) mass is 314 g/mol. The van der Waals surface area contributed by atoms with Gasteiger partial charge in [-0.1, -0.05) is 32.9 Å². The van der Waals surface area contributed by atoms with Gasteiger partial charge >= 0.3 is 0 Å². The van der Waals surface area contributed by atoms with Gasteiger partial charge in [0, 0.05) is 5.69 Å². The third-order valence-corrected chi connectivity index (χ3v) is 2.99. The summed E-state index contributed by atoms with van der Waals surface area (Å²) in [4.78, 5) is 12.1. The first-order valence-electron chi connectivity index (χ1n) is 6.97. The van der Waals surface area contributed by atoms with Crippen LogP contribution in [-0.2, 0) is 16.1 Å². The number of benzene rings is 1. The predicted molar refractivity (Wildman–Crippen MR) is 89.7 cm³/mol. The molecule has 1 atom stereocenters. The number of halogens is 1. The molecular weight excluding hydrogens is 288 g/mol. The summed E-state index contributed by atoms with van der Waals surface area (Å²) >= 11 is 0. The summed E-state index contributed by atoms with van der Waals surface area (Å²) in [6.07, 6.45) is 0.183. The number of rotatable bonds is 5. The standard InChI is InChI=1S/C16H26N2O2.ClH/c1-11(2)20-10-12-7-6-8-13(9-12)18-15(19)14(17)16(3,4)5;/h6-9,11,14H,10,17H2,1-5H3,(H,18,19);1H/t14-;/m1./s1. The number of hydrogen-bond acceptors (Lipinski definition) is 3. The highest BCUT2D eigenvalue weighted by Gasteiger charge is 2.27. The molecule has 1 amide bonds. The third-order valence-electron chi connectivity index (χ3n) is 2.99. The molecule has 120 valence electrons. The van der Waals surface area contributed by atoms with E-state index in [4.69, 9.17) is 10.5 Å². The van der Waals surface area contributed by atoms with E-state index in [0.717, 1.165) is 11.3 Å². The van der Waals surface area contributed by atoms with E-state index in [-0.39, 0.29) is 29.8 Å². The summed E-state index contributed by atoms with van der Waals surface area (Å²) in [5.41, 5.74) is 7.46. The minimum Gasteiger partial charge on any atom is -0.374 e. The van der Waals surface area contributed by atoms with Gasteiger partial charge < -0.3 is 15.8 Å². The van der Waals surface area contributed by atoms with Crippen LogP contribution in [0.2, 0.25) is 0 Å². The highest BCUT2D eigenvalue weighted by Crippen LogP contribution is 2.19. The maximum atomic E-state index is 12.1. The molecule has 21 heavy (non-hydrogen) atoms. The fraction of sp³-hybridized carbons (Fsp3) is 0.562. The van der Waals surface area contributed by atoms with Crippen molar-refractivity contribution >= 4 is 24.0 Å². The van der Waals surface area contributed by atoms with E-state index in [1.807, 2.05) is 58.9 Å². The predicted octanol–water partition coefficient (Wildman–Crippen LogP) is 3.35. The van der Waals surface area contributed by atoms with Gasteiger partial charge in [-0.25, -0.2) is 0 Å². The van der Waals surface area contributed by atoms with Crippen molar-refractivity contribution < 1.29 is 9.53 Å². The molecule has 1 aromatic rings. The van der Waals surface area contributed by atoms with Crippen molar-refractivity contribution in [3.8, 4) is 0 Å². The minimum absolute atomic E-state index is 0. The molecule has 0 aliphatic rings. The van der Waals surface area contributed by atoms with Gasteiger partial charge in [0.1, 0.15) is 0 Å². The van der Waals surface area contributed by atoms with Crippen molar-refractivity contribution in [2.45, 2.75) is 53.4 Å². The highest BCUT2D eigenvalue weighted by molar-refractivity contribution is 5.95. The molecule has 0 saturated carbocycles. The van der Waals surface area contributed by atoms with Crippen LogP contribution in [0.25, 0.3) is 0 Å². The molecular formula is C16H27ClN2O2. The lowest BCUT2D eigenvalue weighted by Crippen LogP contribution is -2.45. The zero-order valence-corrected chi connectivity index (χ0v) is 14.3. The smallest absolute Gasteiger partial charge is 0.241 e. The van der Waals surface area contributed by atoms with Crippen molar-refractivity contribution in [3.63, 3.8) is 0 Å². The molecule has 0 fully saturated rings. The van der Waals surface area contributed by atoms with Gasteiger partial charge in [0.25, 0.3) is 0 Å². The van der Waals surface area contributed by atoms with Gasteiger partial charge in [-0.15, -0.1) is 12.4 Å². The van der Waals surface area contributed by atoms with Crippen LogP contribution in [0.4, 0.5) is 5.69 Å². The zero-order valence-electron chi connectivity index (χ0n) is 13.5. The second-order valence-corrected chi connectivity index (χ2v) is 6.39. The van der Waals surface area contributed by atoms with Crippen LogP contribution in [0.3, 0.4) is 0 Å². The average Bonchev–Trinajstić information content (AvgIpc) is 2.34. The molecule has 0 radical (unpaired) electrons. The number of nitrogens with two attached hydrogens (primary N) is 1. The normalized spacial score (nSPS) is 12.7. The Morgan fingerprint density at radius 1 is 1.33 bits per heavy atom. The molecule has 1 aromatic carbocycles. The van der Waals surface area contributed by atoms with Gasteiger partial charge in [0.15, 0.2) is 0 Å². The maximum absolute atomic E-state index is 12.1. The van der Waals surface area contributed by atoms with E-state index in [0.29, 0.717) is 6.61 Å². The molecule has 3 N–H and O–H groups in total. The Hall–Kier alpha value is -1.10. The third kappa shape index (κ3) is 6.93. The molecule has 5 heteroatoms. The van der Waals surface area contributed by atoms with E-state index in [1.165, 1.54) is 0 Å². The lowest BCUT2D eigenvalue weighted by molar-refractivity contribution is -0.119. The number of hydrogen-bond donors (Lipinski definition) is 2. The van der Waals surface area contributed by atoms with E-state index >= 15 is 0 Å². The zero-order chi connectivity index (χ0) is 15.3. The molecule has 0 saturated heterocycles. The number of carbonyl (C=O) groups is 1. The quantitative estimate of drug-likeness (QED) is 0.876. The fourth-order valence-electron chi connectivity index (χ4n) is 1.62. The number of carbonyl (C=O) groups excluding carboxylic acids is 1. The van der Waals surface area contributed by atoms with E-state index < -0.39 is 6.04 Å². The summed E-state index contributed by atoms with van der Waals surface area (Å²) in [6.45, 7) is 10.4. The van der Waals surface area contributed by atoms with Gasteiger partial charge in [-0.05, 0) is 37.0 Å². The summed E-state index contributed by atoms with van der Waals surface area (Å²) in [7, 11) is 0. The van der Waals surface area contributed by atoms with Crippen LogP contribution in [0.1, 0.15) is 40.2 Å². The number of anilines is 1. The van der Waals surface area contributed by atoms with Crippen molar-refractivity contribution in [3.05, 3.63) is 29.8 Å². The first-order valence-corrected chi connectivity index (χ1v) is 6.97. The Kier molecular flexibility index (Phi) is 7.93. The van der Waals surface area contributed by atoms with Crippen molar-refractivity contribution in [2.24, 2.45) is 11.1 Å². The molecule has 0 aromatic heterocycles. The van der Waals surface area contributed by atoms with Gasteiger partial charge in [-0.3, -0.25) is 4.79 Å². The minimum atomic E-state index is -0.543. The molecule has 0 unspecified atom stereocenters. The second kappa shape index (κ2) is 8.37. The topological polar surface area (TPSA) is 64.3 Å². The molecule has 0 aliphatic carbocycles. The lowest BCUT2D eigenvalue weighted by atomic mass is 9.87. The van der Waals surface area contributed by atoms with E-state index in [9.17, 15) is 4.79 Å². The number of amides is 1. The Morgan fingerprint density at radius 2 is 1.95 bits per heavy atom. The molecule has 0 bridgehead atoms. The van der Waals surface area contributed by atoms with Crippen LogP contribution < -0.4 is 11.1 Å². The van der Waals surface area contributed by atoms with E-state index in [1.54, 1.807) is 0 Å². The number of ether oxygens (including phenoxy) is 1. The van der Waals surface area contributed by atoms with Gasteiger partial charge in [-0.2, -0.15) is 0 Å². The summed E-state index contributed by atoms with van der Waals surface area (Å²) < 4.78 is 5.55. The molecule has 1 rings (SSSR count). The Labute approximate surface area is 133 Å². The maximum Gasteiger partial charge on any atom is 0.241 e. The fourth-order valence-corrected chi connectivity index (χ4v) is 1.62. The van der Waals surface area contributed by atoms with E-state index in [2.05, 4.69) is 5.32 Å². The molecule has 0 spiro atoms. The summed E-state index contributed by atoms with van der Waals surface area (Å²) in [5.74, 6) is -0.167. The van der Waals surface area contributed by atoms with Crippen molar-refractivity contribution in [1.82, 2.24) is 0 Å². The van der Waals surface area contributed by atoms with Crippen LogP contribution in [-0.4, -0.2) is 18.1 Å². The largest absolute Gasteiger partial charge is 0.374 e. The molecule has 0 aliphatic heterocycles. The molecule has 0 heterocycles. The van der Waals surface area contributed by atoms with Gasteiger partial charge in [0.05, 0.1) is 18.8 Å². The average molecular weight is 315 g/mol. The van der Waals surface area contributed by atoms with Crippen LogP contribution in [0.5, 0.6) is 0 Å². The lowest BCUT2D eigenvalue weighted by Gasteiger charge is -2.25. The highest BCUT2D eigenvalue weighted by atomic mass is 35.5. The number of nitrogens with one attached hydrogen (secondary N) is 1. The van der Waals surface area contributed by atoms with Crippen LogP contribution >= 0.6 is 12.4 Å². The molecule has 4 nitrogen and oxygen atoms in total. The first-order chi connectivity index (χ1) is 9.20. The van der Waals surface area contributed by atoms with Gasteiger partial charge in [0.2, 0.25) is 5.91 Å². The summed E-state index contributed by atoms with van der Waals surface area (Å²) in [5, 5.41) is 2.86. The first kappa shape index (κ1) is 19.9. The Morgan fingerprint density at radius 3 is 2.48 bits per heavy atom.